The van der Waals surface area contributed by atoms with E-state index in [2.05, 4.69) is 24.3 Å². The Bertz CT molecular complexity index is 514. The molecule has 0 aromatic heterocycles. The second-order valence-corrected chi connectivity index (χ2v) is 6.74. The van der Waals surface area contributed by atoms with Crippen LogP contribution >= 0.6 is 0 Å². The van der Waals surface area contributed by atoms with Gasteiger partial charge in [0.15, 0.2) is 0 Å². The van der Waals surface area contributed by atoms with Crippen LogP contribution in [0.4, 0.5) is 0 Å². The number of carbonyl (C=O) groups is 1. The maximum Gasteiger partial charge on any atom is 0.251 e. The van der Waals surface area contributed by atoms with Crippen LogP contribution in [0.25, 0.3) is 0 Å². The largest absolute Gasteiger partial charge is 0.376 e. The van der Waals surface area contributed by atoms with Gasteiger partial charge in [-0.1, -0.05) is 24.3 Å². The summed E-state index contributed by atoms with van der Waals surface area (Å²) in [5.74, 6) is 0.0682. The minimum Gasteiger partial charge on any atom is -0.376 e. The lowest BCUT2D eigenvalue weighted by Gasteiger charge is -2.29. The number of rotatable bonds is 5. The van der Waals surface area contributed by atoms with Gasteiger partial charge in [-0.05, 0) is 50.2 Å². The van der Waals surface area contributed by atoms with Gasteiger partial charge in [0, 0.05) is 19.7 Å². The van der Waals surface area contributed by atoms with E-state index in [1.807, 2.05) is 18.9 Å². The Morgan fingerprint density at radius 2 is 2.00 bits per heavy atom. The summed E-state index contributed by atoms with van der Waals surface area (Å²) in [7, 11) is 1.90. The summed E-state index contributed by atoms with van der Waals surface area (Å²) in [5, 5.41) is 0. The number of amides is 1. The van der Waals surface area contributed by atoms with Crippen LogP contribution in [0.15, 0.2) is 24.3 Å². The quantitative estimate of drug-likeness (QED) is 0.838. The summed E-state index contributed by atoms with van der Waals surface area (Å²) in [4.78, 5) is 14.5. The number of likely N-dealkylation sites (N-methyl/N-ethyl adjacent to an activating group) is 1. The van der Waals surface area contributed by atoms with Crippen LogP contribution in [0.2, 0.25) is 0 Å². The molecule has 0 radical (unpaired) electrons. The van der Waals surface area contributed by atoms with E-state index in [9.17, 15) is 4.79 Å². The first-order chi connectivity index (χ1) is 11.1. The van der Waals surface area contributed by atoms with Gasteiger partial charge in [0.05, 0.1) is 12.7 Å². The van der Waals surface area contributed by atoms with Crippen LogP contribution in [0, 0.1) is 0 Å². The lowest BCUT2D eigenvalue weighted by molar-refractivity contribution is -0.146. The smallest absolute Gasteiger partial charge is 0.251 e. The van der Waals surface area contributed by atoms with Crippen molar-refractivity contribution >= 4 is 5.91 Å². The Labute approximate surface area is 138 Å². The SMILES string of the molecule is C[C@H](OC[C@@H]1CCCCO1)C(=O)N(C)C1Cc2ccccc2C1. The molecule has 0 saturated carbocycles. The minimum absolute atomic E-state index is 0.0682. The molecule has 1 aromatic carbocycles. The number of hydrogen-bond donors (Lipinski definition) is 0. The number of carbonyl (C=O) groups excluding carboxylic acids is 1. The maximum absolute atomic E-state index is 12.6. The average molecular weight is 317 g/mol. The first kappa shape index (κ1) is 16.5. The van der Waals surface area contributed by atoms with Crippen molar-refractivity contribution in [3.05, 3.63) is 35.4 Å². The zero-order chi connectivity index (χ0) is 16.2. The van der Waals surface area contributed by atoms with Gasteiger partial charge in [-0.15, -0.1) is 0 Å². The summed E-state index contributed by atoms with van der Waals surface area (Å²) < 4.78 is 11.4. The predicted molar refractivity (Wildman–Crippen MR) is 89.4 cm³/mol. The van der Waals surface area contributed by atoms with Crippen molar-refractivity contribution < 1.29 is 14.3 Å². The molecule has 4 nitrogen and oxygen atoms in total. The van der Waals surface area contributed by atoms with Crippen molar-refractivity contribution in [2.45, 2.75) is 57.3 Å². The van der Waals surface area contributed by atoms with Crippen LogP contribution in [-0.4, -0.2) is 49.3 Å². The normalized spacial score (nSPS) is 22.6. The monoisotopic (exact) mass is 317 g/mol. The Balaban J connectivity index is 1.49. The molecule has 126 valence electrons. The van der Waals surface area contributed by atoms with Gasteiger partial charge in [-0.2, -0.15) is 0 Å². The van der Waals surface area contributed by atoms with Gasteiger partial charge in [-0.3, -0.25) is 4.79 Å². The Kier molecular flexibility index (Phi) is 5.34. The molecular weight excluding hydrogens is 290 g/mol. The molecule has 1 amide bonds. The molecule has 2 atom stereocenters. The van der Waals surface area contributed by atoms with E-state index < -0.39 is 6.10 Å². The molecule has 0 bridgehead atoms. The number of nitrogens with zero attached hydrogens (tertiary/aromatic N) is 1. The zero-order valence-corrected chi connectivity index (χ0v) is 14.2. The Morgan fingerprint density at radius 3 is 2.61 bits per heavy atom. The molecule has 23 heavy (non-hydrogen) atoms. The van der Waals surface area contributed by atoms with E-state index in [0.29, 0.717) is 6.61 Å². The van der Waals surface area contributed by atoms with Crippen LogP contribution in [0.3, 0.4) is 0 Å². The molecule has 1 fully saturated rings. The third-order valence-corrected chi connectivity index (χ3v) is 5.08. The van der Waals surface area contributed by atoms with Crippen molar-refractivity contribution in [1.29, 1.82) is 0 Å². The van der Waals surface area contributed by atoms with Crippen LogP contribution in [0.5, 0.6) is 0 Å². The highest BCUT2D eigenvalue weighted by Gasteiger charge is 2.30. The third kappa shape index (κ3) is 3.93. The van der Waals surface area contributed by atoms with Gasteiger partial charge < -0.3 is 14.4 Å². The number of benzene rings is 1. The van der Waals surface area contributed by atoms with Crippen LogP contribution in [0.1, 0.15) is 37.3 Å². The lowest BCUT2D eigenvalue weighted by Crippen LogP contribution is -2.44. The summed E-state index contributed by atoms with van der Waals surface area (Å²) >= 11 is 0. The predicted octanol–water partition coefficient (Wildman–Crippen LogP) is 2.59. The Hall–Kier alpha value is -1.39. The fourth-order valence-electron chi connectivity index (χ4n) is 3.54. The second-order valence-electron chi connectivity index (χ2n) is 6.74. The van der Waals surface area contributed by atoms with Crippen LogP contribution in [-0.2, 0) is 27.1 Å². The summed E-state index contributed by atoms with van der Waals surface area (Å²) in [6, 6.07) is 8.71. The summed E-state index contributed by atoms with van der Waals surface area (Å²) in [5.41, 5.74) is 2.72. The molecule has 1 aliphatic heterocycles. The molecule has 1 aromatic rings. The van der Waals surface area contributed by atoms with Gasteiger partial charge >= 0.3 is 0 Å². The van der Waals surface area contributed by atoms with E-state index in [4.69, 9.17) is 9.47 Å². The first-order valence-corrected chi connectivity index (χ1v) is 8.72. The van der Waals surface area contributed by atoms with E-state index in [1.54, 1.807) is 0 Å². The fraction of sp³-hybridized carbons (Fsp3) is 0.632. The summed E-state index contributed by atoms with van der Waals surface area (Å²) in [6.07, 6.45) is 4.99. The van der Waals surface area contributed by atoms with Gasteiger partial charge in [0.1, 0.15) is 6.10 Å². The molecule has 1 heterocycles. The second kappa shape index (κ2) is 7.45. The van der Waals surface area contributed by atoms with Crippen molar-refractivity contribution in [3.63, 3.8) is 0 Å². The van der Waals surface area contributed by atoms with Crippen molar-refractivity contribution in [1.82, 2.24) is 4.90 Å². The molecule has 0 unspecified atom stereocenters. The van der Waals surface area contributed by atoms with Crippen molar-refractivity contribution in [2.75, 3.05) is 20.3 Å². The standard InChI is InChI=1S/C19H27NO3/c1-14(23-13-18-9-5-6-10-22-18)19(21)20(2)17-11-15-7-3-4-8-16(15)12-17/h3-4,7-8,14,17-18H,5-6,9-13H2,1-2H3/t14-,18-/m0/s1. The topological polar surface area (TPSA) is 38.8 Å². The number of hydrogen-bond acceptors (Lipinski definition) is 3. The molecule has 0 spiro atoms. The number of ether oxygens (including phenoxy) is 2. The first-order valence-electron chi connectivity index (χ1n) is 8.72. The highest BCUT2D eigenvalue weighted by Crippen LogP contribution is 2.25. The third-order valence-electron chi connectivity index (χ3n) is 5.08. The minimum atomic E-state index is -0.408. The molecule has 1 aliphatic carbocycles. The van der Waals surface area contributed by atoms with Gasteiger partial charge in [0.2, 0.25) is 0 Å². The van der Waals surface area contributed by atoms with Crippen molar-refractivity contribution in [3.8, 4) is 0 Å². The summed E-state index contributed by atoms with van der Waals surface area (Å²) in [6.45, 7) is 3.19. The highest BCUT2D eigenvalue weighted by molar-refractivity contribution is 5.80. The van der Waals surface area contributed by atoms with Crippen LogP contribution < -0.4 is 0 Å². The van der Waals surface area contributed by atoms with E-state index in [-0.39, 0.29) is 18.1 Å². The maximum atomic E-state index is 12.6. The van der Waals surface area contributed by atoms with E-state index in [1.165, 1.54) is 17.5 Å². The van der Waals surface area contributed by atoms with Crippen molar-refractivity contribution in [2.24, 2.45) is 0 Å². The molecule has 2 aliphatic rings. The molecule has 1 saturated heterocycles. The fourth-order valence-corrected chi connectivity index (χ4v) is 3.54. The highest BCUT2D eigenvalue weighted by atomic mass is 16.5. The molecular formula is C19H27NO3. The lowest BCUT2D eigenvalue weighted by atomic mass is 10.1. The van der Waals surface area contributed by atoms with Gasteiger partial charge in [-0.25, -0.2) is 0 Å². The molecule has 3 rings (SSSR count). The molecule has 0 N–H and O–H groups in total. The van der Waals surface area contributed by atoms with E-state index >= 15 is 0 Å². The Morgan fingerprint density at radius 1 is 1.30 bits per heavy atom. The van der Waals surface area contributed by atoms with E-state index in [0.717, 1.165) is 32.3 Å². The average Bonchev–Trinajstić information content (AvgIpc) is 3.03. The van der Waals surface area contributed by atoms with Gasteiger partial charge in [0.25, 0.3) is 5.91 Å². The molecule has 4 heteroatoms. The number of fused-ring (bicyclic) bond motifs is 1. The zero-order valence-electron chi connectivity index (χ0n) is 14.2.